The van der Waals surface area contributed by atoms with Crippen LogP contribution in [-0.2, 0) is 6.42 Å². The van der Waals surface area contributed by atoms with Gasteiger partial charge in [-0.15, -0.1) is 0 Å². The summed E-state index contributed by atoms with van der Waals surface area (Å²) in [5.41, 5.74) is 1.24. The molecule has 0 radical (unpaired) electrons. The van der Waals surface area contributed by atoms with Crippen LogP contribution in [0.3, 0.4) is 0 Å². The van der Waals surface area contributed by atoms with E-state index in [0.717, 1.165) is 56.0 Å². The predicted octanol–water partition coefficient (Wildman–Crippen LogP) is 2.05. The second kappa shape index (κ2) is 6.19. The maximum atomic E-state index is 9.36. The fourth-order valence-corrected chi connectivity index (χ4v) is 2.21. The van der Waals surface area contributed by atoms with Gasteiger partial charge in [0.1, 0.15) is 18.0 Å². The molecule has 3 N–H and O–H groups in total. The van der Waals surface area contributed by atoms with Crippen molar-refractivity contribution in [3.05, 3.63) is 11.9 Å². The van der Waals surface area contributed by atoms with Crippen LogP contribution in [0.4, 0.5) is 11.6 Å². The second-order valence-electron chi connectivity index (χ2n) is 5.34. The smallest absolute Gasteiger partial charge is 0.134 e. The number of aliphatic hydroxyl groups is 1. The van der Waals surface area contributed by atoms with Gasteiger partial charge >= 0.3 is 0 Å². The summed E-state index contributed by atoms with van der Waals surface area (Å²) in [5.74, 6) is 1.84. The third-order valence-corrected chi connectivity index (χ3v) is 3.71. The van der Waals surface area contributed by atoms with Crippen molar-refractivity contribution < 1.29 is 5.11 Å². The molecule has 0 spiro atoms. The van der Waals surface area contributed by atoms with Crippen LogP contribution in [0.5, 0.6) is 0 Å². The minimum atomic E-state index is 0.0901. The molecule has 19 heavy (non-hydrogen) atoms. The van der Waals surface area contributed by atoms with Crippen LogP contribution in [0.15, 0.2) is 6.33 Å². The number of rotatable bonds is 8. The standard InChI is InChI=1S/C14H24N4O/c1-3-5-11-12(15-4-2)17-10-18-13(11)16-8-14(9-19)6-7-14/h10,19H,3-9H2,1-2H3,(H2,15,16,17,18). The van der Waals surface area contributed by atoms with Gasteiger partial charge in [0.25, 0.3) is 0 Å². The Labute approximate surface area is 114 Å². The summed E-state index contributed by atoms with van der Waals surface area (Å²) in [6, 6.07) is 0. The number of hydrogen-bond donors (Lipinski definition) is 3. The maximum absolute atomic E-state index is 9.36. The molecule has 1 aliphatic carbocycles. The highest BCUT2D eigenvalue weighted by Gasteiger charge is 2.41. The Balaban J connectivity index is 2.11. The molecule has 5 nitrogen and oxygen atoms in total. The topological polar surface area (TPSA) is 70.1 Å². The molecule has 106 valence electrons. The van der Waals surface area contributed by atoms with Crippen LogP contribution in [0, 0.1) is 5.41 Å². The molecule has 2 rings (SSSR count). The van der Waals surface area contributed by atoms with Crippen molar-refractivity contribution >= 4 is 11.6 Å². The van der Waals surface area contributed by atoms with Gasteiger partial charge in [0.15, 0.2) is 0 Å². The number of nitrogens with one attached hydrogen (secondary N) is 2. The molecule has 5 heteroatoms. The summed E-state index contributed by atoms with van der Waals surface area (Å²) in [6.07, 6.45) is 5.82. The molecule has 1 fully saturated rings. The van der Waals surface area contributed by atoms with Crippen LogP contribution < -0.4 is 10.6 Å². The Hall–Kier alpha value is -1.36. The van der Waals surface area contributed by atoms with E-state index in [1.54, 1.807) is 6.33 Å². The van der Waals surface area contributed by atoms with E-state index in [9.17, 15) is 5.11 Å². The molecule has 1 aliphatic rings. The van der Waals surface area contributed by atoms with E-state index in [4.69, 9.17) is 0 Å². The first kappa shape index (κ1) is 14.1. The zero-order chi connectivity index (χ0) is 13.7. The van der Waals surface area contributed by atoms with Crippen molar-refractivity contribution in [2.24, 2.45) is 5.41 Å². The Morgan fingerprint density at radius 3 is 2.42 bits per heavy atom. The first-order valence-corrected chi connectivity index (χ1v) is 7.17. The Bertz CT molecular complexity index is 418. The molecule has 0 unspecified atom stereocenters. The normalized spacial score (nSPS) is 16.2. The first-order valence-electron chi connectivity index (χ1n) is 7.17. The van der Waals surface area contributed by atoms with E-state index < -0.39 is 0 Å². The molecular weight excluding hydrogens is 240 g/mol. The lowest BCUT2D eigenvalue weighted by atomic mass is 10.1. The molecule has 0 atom stereocenters. The van der Waals surface area contributed by atoms with Crippen LogP contribution in [0.1, 0.15) is 38.7 Å². The molecule has 0 aliphatic heterocycles. The Kier molecular flexibility index (Phi) is 4.58. The van der Waals surface area contributed by atoms with Gasteiger partial charge < -0.3 is 15.7 Å². The highest BCUT2D eigenvalue weighted by molar-refractivity contribution is 5.57. The summed E-state index contributed by atoms with van der Waals surface area (Å²) < 4.78 is 0. The monoisotopic (exact) mass is 264 g/mol. The molecule has 0 bridgehead atoms. The molecule has 0 amide bonds. The zero-order valence-electron chi connectivity index (χ0n) is 11.9. The van der Waals surface area contributed by atoms with E-state index in [1.165, 1.54) is 0 Å². The average Bonchev–Trinajstić information content (AvgIpc) is 3.20. The fourth-order valence-electron chi connectivity index (χ4n) is 2.21. The highest BCUT2D eigenvalue weighted by atomic mass is 16.3. The molecule has 0 saturated heterocycles. The van der Waals surface area contributed by atoms with Crippen molar-refractivity contribution in [2.45, 2.75) is 39.5 Å². The SMILES string of the molecule is CCCc1c(NCC)ncnc1NCC1(CO)CC1. The third kappa shape index (κ3) is 3.35. The van der Waals surface area contributed by atoms with Crippen LogP contribution >= 0.6 is 0 Å². The maximum Gasteiger partial charge on any atom is 0.134 e. The number of hydrogen-bond acceptors (Lipinski definition) is 5. The number of nitrogens with zero attached hydrogens (tertiary/aromatic N) is 2. The summed E-state index contributed by atoms with van der Waals surface area (Å²) in [5, 5.41) is 16.0. The lowest BCUT2D eigenvalue weighted by molar-refractivity contribution is 0.219. The van der Waals surface area contributed by atoms with Crippen molar-refractivity contribution in [2.75, 3.05) is 30.3 Å². The quantitative estimate of drug-likeness (QED) is 0.670. The van der Waals surface area contributed by atoms with Crippen LogP contribution in [0.25, 0.3) is 0 Å². The molecule has 0 aromatic carbocycles. The van der Waals surface area contributed by atoms with Crippen molar-refractivity contribution in [1.82, 2.24) is 9.97 Å². The first-order chi connectivity index (χ1) is 9.24. The van der Waals surface area contributed by atoms with Gasteiger partial charge in [-0.05, 0) is 26.2 Å². The number of aromatic nitrogens is 2. The highest BCUT2D eigenvalue weighted by Crippen LogP contribution is 2.45. The number of aliphatic hydroxyl groups excluding tert-OH is 1. The second-order valence-corrected chi connectivity index (χ2v) is 5.34. The summed E-state index contributed by atoms with van der Waals surface area (Å²) >= 11 is 0. The Morgan fingerprint density at radius 2 is 1.89 bits per heavy atom. The van der Waals surface area contributed by atoms with Gasteiger partial charge in [-0.1, -0.05) is 13.3 Å². The molecule has 1 heterocycles. The fraction of sp³-hybridized carbons (Fsp3) is 0.714. The predicted molar refractivity (Wildman–Crippen MR) is 77.4 cm³/mol. The molecule has 1 saturated carbocycles. The third-order valence-electron chi connectivity index (χ3n) is 3.71. The van der Waals surface area contributed by atoms with Gasteiger partial charge in [0.05, 0.1) is 6.61 Å². The lowest BCUT2D eigenvalue weighted by Crippen LogP contribution is -2.21. The van der Waals surface area contributed by atoms with E-state index in [0.29, 0.717) is 0 Å². The van der Waals surface area contributed by atoms with Crippen LogP contribution in [0.2, 0.25) is 0 Å². The molecular formula is C14H24N4O. The average molecular weight is 264 g/mol. The van der Waals surface area contributed by atoms with Crippen molar-refractivity contribution in [1.29, 1.82) is 0 Å². The minimum Gasteiger partial charge on any atom is -0.396 e. The summed E-state index contributed by atoms with van der Waals surface area (Å²) in [4.78, 5) is 8.68. The molecule has 1 aromatic heterocycles. The number of anilines is 2. The van der Waals surface area contributed by atoms with Gasteiger partial charge in [-0.3, -0.25) is 0 Å². The van der Waals surface area contributed by atoms with Crippen molar-refractivity contribution in [3.63, 3.8) is 0 Å². The van der Waals surface area contributed by atoms with Gasteiger partial charge in [0, 0.05) is 24.1 Å². The van der Waals surface area contributed by atoms with E-state index in [1.807, 2.05) is 0 Å². The lowest BCUT2D eigenvalue weighted by Gasteiger charge is -2.17. The van der Waals surface area contributed by atoms with Gasteiger partial charge in [0.2, 0.25) is 0 Å². The largest absolute Gasteiger partial charge is 0.396 e. The minimum absolute atomic E-state index is 0.0901. The van der Waals surface area contributed by atoms with E-state index in [-0.39, 0.29) is 12.0 Å². The van der Waals surface area contributed by atoms with E-state index >= 15 is 0 Å². The van der Waals surface area contributed by atoms with Crippen molar-refractivity contribution in [3.8, 4) is 0 Å². The van der Waals surface area contributed by atoms with Crippen LogP contribution in [-0.4, -0.2) is 34.8 Å². The molecule has 1 aromatic rings. The summed E-state index contributed by atoms with van der Waals surface area (Å²) in [7, 11) is 0. The van der Waals surface area contributed by atoms with Gasteiger partial charge in [-0.2, -0.15) is 0 Å². The Morgan fingerprint density at radius 1 is 1.21 bits per heavy atom. The van der Waals surface area contributed by atoms with Gasteiger partial charge in [-0.25, -0.2) is 9.97 Å². The summed E-state index contributed by atoms with van der Waals surface area (Å²) in [6.45, 7) is 6.13. The van der Waals surface area contributed by atoms with E-state index in [2.05, 4.69) is 34.4 Å². The zero-order valence-corrected chi connectivity index (χ0v) is 11.9.